The fourth-order valence-electron chi connectivity index (χ4n) is 3.06. The Hall–Kier alpha value is -1.37. The van der Waals surface area contributed by atoms with E-state index in [1.54, 1.807) is 18.2 Å². The Balaban J connectivity index is 0.00000578. The summed E-state index contributed by atoms with van der Waals surface area (Å²) in [6.07, 6.45) is 5.88. The molecule has 0 aromatic heterocycles. The van der Waals surface area contributed by atoms with Gasteiger partial charge in [-0.05, 0) is 40.0 Å². The smallest absolute Gasteiger partial charge is 1.00 e. The van der Waals surface area contributed by atoms with Crippen LogP contribution >= 0.6 is 20.2 Å². The van der Waals surface area contributed by atoms with E-state index in [0.29, 0.717) is 53.4 Å². The number of benzene rings is 2. The van der Waals surface area contributed by atoms with Gasteiger partial charge >= 0.3 is 18.9 Å². The molecule has 184 valence electrons. The first kappa shape index (κ1) is 30.7. The number of hydrogen-bond donors (Lipinski definition) is 0. The van der Waals surface area contributed by atoms with Gasteiger partial charge in [-0.15, -0.1) is 0 Å². The molecule has 0 spiro atoms. The van der Waals surface area contributed by atoms with E-state index in [0.717, 1.165) is 43.8 Å². The molecule has 1 unspecified atom stereocenters. The molecule has 1 atom stereocenters. The standard InChI is InChI=1S/C26H36ClO5P.Li.H/c1-5-8-14-30-19-17-22(31-15-9-6-2)25(23(18-19)32-16-10-7-3)33-26(28)24-20(27)12-11-13-21(24)29-4;;/h11-13,17-18,33H,5-10,14-16H2,1-4H3;;/q;+1;-1. The average Bonchev–Trinajstić information content (AvgIpc) is 2.81. The molecule has 5 nitrogen and oxygen atoms in total. The van der Waals surface area contributed by atoms with Crippen molar-refractivity contribution in [3.05, 3.63) is 40.9 Å². The molecule has 0 bridgehead atoms. The Kier molecular flexibility index (Phi) is 15.4. The third-order valence-electron chi connectivity index (χ3n) is 4.98. The summed E-state index contributed by atoms with van der Waals surface area (Å²) in [4.78, 5) is 13.4. The summed E-state index contributed by atoms with van der Waals surface area (Å²) in [6, 6.07) is 8.95. The fraction of sp³-hybridized carbons (Fsp3) is 0.500. The van der Waals surface area contributed by atoms with Crippen molar-refractivity contribution in [2.75, 3.05) is 26.9 Å². The molecule has 34 heavy (non-hydrogen) atoms. The zero-order chi connectivity index (χ0) is 24.1. The van der Waals surface area contributed by atoms with Crippen LogP contribution in [0.2, 0.25) is 5.02 Å². The second-order valence-corrected chi connectivity index (χ2v) is 9.28. The van der Waals surface area contributed by atoms with Crippen LogP contribution in [0, 0.1) is 0 Å². The first-order chi connectivity index (χ1) is 16.0. The molecule has 0 aliphatic carbocycles. The van der Waals surface area contributed by atoms with Gasteiger partial charge < -0.3 is 20.4 Å². The van der Waals surface area contributed by atoms with E-state index in [1.807, 2.05) is 12.1 Å². The summed E-state index contributed by atoms with van der Waals surface area (Å²) >= 11 is 6.37. The van der Waals surface area contributed by atoms with Crippen molar-refractivity contribution in [1.29, 1.82) is 0 Å². The number of halogens is 1. The van der Waals surface area contributed by atoms with Crippen molar-refractivity contribution < 1.29 is 44.0 Å². The van der Waals surface area contributed by atoms with Crippen molar-refractivity contribution >= 4 is 31.0 Å². The van der Waals surface area contributed by atoms with Crippen molar-refractivity contribution in [2.45, 2.75) is 59.3 Å². The normalized spacial score (nSPS) is 10.7. The maximum atomic E-state index is 13.4. The first-order valence-corrected chi connectivity index (χ1v) is 13.1. The molecule has 2 aromatic rings. The van der Waals surface area contributed by atoms with Crippen LogP contribution < -0.4 is 43.1 Å². The summed E-state index contributed by atoms with van der Waals surface area (Å²) in [5.74, 6) is 2.41. The molecule has 0 saturated heterocycles. The average molecular weight is 503 g/mol. The summed E-state index contributed by atoms with van der Waals surface area (Å²) in [5, 5.41) is 1.10. The predicted octanol–water partition coefficient (Wildman–Crippen LogP) is 4.15. The van der Waals surface area contributed by atoms with Crippen LogP contribution in [-0.2, 0) is 0 Å². The molecule has 0 radical (unpaired) electrons. The van der Waals surface area contributed by atoms with Crippen LogP contribution in [0.25, 0.3) is 0 Å². The van der Waals surface area contributed by atoms with Gasteiger partial charge in [-0.25, -0.2) is 0 Å². The molecule has 8 heteroatoms. The molecule has 0 N–H and O–H groups in total. The van der Waals surface area contributed by atoms with Crippen LogP contribution in [0.4, 0.5) is 0 Å². The minimum atomic E-state index is -0.237. The van der Waals surface area contributed by atoms with Gasteiger partial charge in [0.25, 0.3) is 0 Å². The van der Waals surface area contributed by atoms with Crippen LogP contribution in [-0.4, -0.2) is 32.5 Å². The van der Waals surface area contributed by atoms with E-state index in [-0.39, 0.29) is 34.4 Å². The zero-order valence-corrected chi connectivity index (χ0v) is 22.9. The Bertz CT molecular complexity index is 869. The molecule has 2 rings (SSSR count). The number of hydrogen-bond acceptors (Lipinski definition) is 5. The largest absolute Gasteiger partial charge is 1.00 e. The summed E-state index contributed by atoms with van der Waals surface area (Å²) in [6.45, 7) is 8.10. The van der Waals surface area contributed by atoms with Gasteiger partial charge in [0.1, 0.15) is 23.0 Å². The minimum absolute atomic E-state index is 0. The Morgan fingerprint density at radius 1 is 0.882 bits per heavy atom. The quantitative estimate of drug-likeness (QED) is 0.196. The number of rotatable bonds is 16. The second kappa shape index (κ2) is 17.1. The number of ether oxygens (including phenoxy) is 4. The molecule has 0 amide bonds. The third-order valence-corrected chi connectivity index (χ3v) is 6.51. The van der Waals surface area contributed by atoms with E-state index in [4.69, 9.17) is 30.5 Å². The van der Waals surface area contributed by atoms with Gasteiger partial charge in [0.15, 0.2) is 5.52 Å². The monoisotopic (exact) mass is 502 g/mol. The Morgan fingerprint density at radius 2 is 1.41 bits per heavy atom. The molecular formula is C26H37ClLiO5P. The van der Waals surface area contributed by atoms with E-state index in [1.165, 1.54) is 7.11 Å². The van der Waals surface area contributed by atoms with Gasteiger partial charge in [-0.3, -0.25) is 4.79 Å². The van der Waals surface area contributed by atoms with E-state index in [2.05, 4.69) is 20.8 Å². The van der Waals surface area contributed by atoms with Gasteiger partial charge in [0, 0.05) is 12.1 Å². The van der Waals surface area contributed by atoms with Gasteiger partial charge in [-0.1, -0.05) is 57.7 Å². The van der Waals surface area contributed by atoms with E-state index >= 15 is 0 Å². The number of carbonyl (C=O) groups excluding carboxylic acids is 1. The van der Waals surface area contributed by atoms with Gasteiger partial charge in [-0.2, -0.15) is 0 Å². The van der Waals surface area contributed by atoms with Crippen molar-refractivity contribution in [3.63, 3.8) is 0 Å². The van der Waals surface area contributed by atoms with Crippen molar-refractivity contribution in [1.82, 2.24) is 0 Å². The van der Waals surface area contributed by atoms with E-state index in [9.17, 15) is 4.79 Å². The molecule has 0 saturated carbocycles. The molecule has 0 heterocycles. The van der Waals surface area contributed by atoms with Gasteiger partial charge in [0.05, 0.1) is 42.8 Å². The predicted molar refractivity (Wildman–Crippen MR) is 139 cm³/mol. The number of methoxy groups -OCH3 is 1. The Morgan fingerprint density at radius 3 is 1.91 bits per heavy atom. The molecule has 0 fully saturated rings. The van der Waals surface area contributed by atoms with Crippen LogP contribution in [0.15, 0.2) is 30.3 Å². The van der Waals surface area contributed by atoms with Gasteiger partial charge in [0.2, 0.25) is 0 Å². The van der Waals surface area contributed by atoms with Crippen molar-refractivity contribution in [3.8, 4) is 23.0 Å². The summed E-state index contributed by atoms with van der Waals surface area (Å²) in [7, 11) is 1.30. The number of carbonyl (C=O) groups is 1. The summed E-state index contributed by atoms with van der Waals surface area (Å²) in [5.41, 5.74) is 0.250. The van der Waals surface area contributed by atoms with Crippen molar-refractivity contribution in [2.24, 2.45) is 0 Å². The Labute approximate surface area is 224 Å². The molecular weight excluding hydrogens is 466 g/mol. The van der Waals surface area contributed by atoms with Crippen LogP contribution in [0.3, 0.4) is 0 Å². The SMILES string of the molecule is CCCCOc1cc(OCCCC)c(PC(=O)c2c(Cl)cccc2OC)c(OCCCC)c1.[H-].[Li+]. The zero-order valence-electron chi connectivity index (χ0n) is 22.2. The minimum Gasteiger partial charge on any atom is -1.00 e. The van der Waals surface area contributed by atoms with Crippen LogP contribution in [0.1, 0.15) is 71.1 Å². The fourth-order valence-corrected chi connectivity index (χ4v) is 4.53. The molecule has 0 aliphatic rings. The summed E-state index contributed by atoms with van der Waals surface area (Å²) < 4.78 is 23.6. The molecule has 0 aliphatic heterocycles. The third kappa shape index (κ3) is 9.35. The number of unbranched alkanes of at least 4 members (excludes halogenated alkanes) is 3. The van der Waals surface area contributed by atoms with E-state index < -0.39 is 0 Å². The first-order valence-electron chi connectivity index (χ1n) is 11.8. The topological polar surface area (TPSA) is 54.0 Å². The maximum Gasteiger partial charge on any atom is 1.00 e. The second-order valence-electron chi connectivity index (χ2n) is 7.67. The maximum absolute atomic E-state index is 13.4. The van der Waals surface area contributed by atoms with Crippen LogP contribution in [0.5, 0.6) is 23.0 Å². The molecule has 2 aromatic carbocycles.